The van der Waals surface area contributed by atoms with Crippen LogP contribution in [0.1, 0.15) is 13.3 Å². The van der Waals surface area contributed by atoms with E-state index in [4.69, 9.17) is 19.0 Å². The molecule has 0 fully saturated rings. The number of ether oxygens (including phenoxy) is 2. The fraction of sp³-hybridized carbons (Fsp3) is 0.200. The zero-order valence-corrected chi connectivity index (χ0v) is 11.7. The Morgan fingerprint density at radius 2 is 2.18 bits per heavy atom. The minimum absolute atomic E-state index is 0.0143. The lowest BCUT2D eigenvalue weighted by atomic mass is 10.2. The van der Waals surface area contributed by atoms with Crippen molar-refractivity contribution in [3.8, 4) is 17.2 Å². The zero-order chi connectivity index (χ0) is 16.1. The third-order valence-corrected chi connectivity index (χ3v) is 2.72. The Kier molecular flexibility index (Phi) is 4.67. The van der Waals surface area contributed by atoms with Crippen molar-refractivity contribution in [2.45, 2.75) is 13.3 Å². The molecule has 2 rings (SSSR count). The summed E-state index contributed by atoms with van der Waals surface area (Å²) >= 11 is 0. The molecule has 1 aromatic carbocycles. The van der Waals surface area contributed by atoms with E-state index in [-0.39, 0.29) is 35.5 Å². The van der Waals surface area contributed by atoms with E-state index in [9.17, 15) is 14.7 Å². The number of allylic oxidation sites excluding steroid dienone is 1. The predicted molar refractivity (Wildman–Crippen MR) is 77.3 cm³/mol. The second-order valence-electron chi connectivity index (χ2n) is 4.30. The van der Waals surface area contributed by atoms with E-state index in [1.807, 2.05) is 0 Å². The normalized spacial score (nSPS) is 11.0. The lowest BCUT2D eigenvalue weighted by Gasteiger charge is -2.08. The first-order chi connectivity index (χ1) is 10.5. The molecule has 0 aliphatic carbocycles. The first-order valence-electron chi connectivity index (χ1n) is 6.45. The second-order valence-corrected chi connectivity index (χ2v) is 4.30. The average Bonchev–Trinajstić information content (AvgIpc) is 2.46. The molecule has 0 spiro atoms. The Labute approximate surface area is 125 Å². The molecule has 7 nitrogen and oxygen atoms in total. The minimum Gasteiger partial charge on any atom is -0.504 e. The smallest absolute Gasteiger partial charge is 0.383 e. The highest BCUT2D eigenvalue weighted by Crippen LogP contribution is 2.33. The molecule has 0 saturated heterocycles. The van der Waals surface area contributed by atoms with Crippen LogP contribution in [-0.2, 0) is 4.79 Å². The maximum atomic E-state index is 11.8. The third kappa shape index (κ3) is 3.38. The van der Waals surface area contributed by atoms with E-state index >= 15 is 0 Å². The van der Waals surface area contributed by atoms with Gasteiger partial charge in [0.1, 0.15) is 11.3 Å². The largest absolute Gasteiger partial charge is 0.504 e. The van der Waals surface area contributed by atoms with Crippen molar-refractivity contribution in [1.29, 1.82) is 0 Å². The van der Waals surface area contributed by atoms with Gasteiger partial charge in [0.25, 0.3) is 5.75 Å². The molecular formula is C15H14O7. The molecule has 0 atom stereocenters. The van der Waals surface area contributed by atoms with Crippen molar-refractivity contribution in [3.05, 3.63) is 41.0 Å². The summed E-state index contributed by atoms with van der Waals surface area (Å²) in [7, 11) is 0. The van der Waals surface area contributed by atoms with Gasteiger partial charge in [-0.05, 0) is 19.1 Å². The van der Waals surface area contributed by atoms with Crippen LogP contribution < -0.4 is 15.1 Å². The van der Waals surface area contributed by atoms with Gasteiger partial charge in [-0.25, -0.2) is 4.79 Å². The van der Waals surface area contributed by atoms with Crippen LogP contribution in [0.2, 0.25) is 0 Å². The zero-order valence-electron chi connectivity index (χ0n) is 11.7. The summed E-state index contributed by atoms with van der Waals surface area (Å²) in [4.78, 5) is 22.2. The van der Waals surface area contributed by atoms with Crippen LogP contribution in [0, 0.1) is 0 Å². The molecule has 0 aliphatic heterocycles. The van der Waals surface area contributed by atoms with Crippen molar-refractivity contribution in [1.82, 2.24) is 0 Å². The quantitative estimate of drug-likeness (QED) is 0.622. The number of hydrogen-bond donors (Lipinski definition) is 2. The van der Waals surface area contributed by atoms with Gasteiger partial charge in [0.2, 0.25) is 0 Å². The van der Waals surface area contributed by atoms with Gasteiger partial charge in [-0.3, -0.25) is 4.79 Å². The maximum Gasteiger partial charge on any atom is 0.383 e. The molecule has 0 bridgehead atoms. The van der Waals surface area contributed by atoms with Crippen molar-refractivity contribution in [2.75, 3.05) is 6.61 Å². The monoisotopic (exact) mass is 306 g/mol. The number of aromatic hydroxyl groups is 1. The molecule has 116 valence electrons. The molecule has 2 aromatic rings. The number of fused-ring (bicyclic) bond motifs is 1. The van der Waals surface area contributed by atoms with Crippen LogP contribution in [0.25, 0.3) is 11.0 Å². The minimum atomic E-state index is -0.976. The lowest BCUT2D eigenvalue weighted by Crippen LogP contribution is -2.05. The van der Waals surface area contributed by atoms with E-state index < -0.39 is 11.6 Å². The van der Waals surface area contributed by atoms with Crippen LogP contribution in [0.3, 0.4) is 0 Å². The number of benzene rings is 1. The predicted octanol–water partition coefficient (Wildman–Crippen LogP) is 2.26. The molecular weight excluding hydrogens is 292 g/mol. The highest BCUT2D eigenvalue weighted by Gasteiger charge is 2.15. The summed E-state index contributed by atoms with van der Waals surface area (Å²) in [5.74, 6) is -1.28. The lowest BCUT2D eigenvalue weighted by molar-refractivity contribution is -0.137. The molecule has 0 unspecified atom stereocenters. The number of rotatable bonds is 6. The summed E-state index contributed by atoms with van der Waals surface area (Å²) in [6.07, 6.45) is 2.66. The molecule has 0 amide bonds. The number of carbonyl (C=O) groups is 1. The van der Waals surface area contributed by atoms with Gasteiger partial charge >= 0.3 is 11.6 Å². The standard InChI is InChI=1S/C15H14O7/c1-2-6-21-14-13(18)10-4-3-9(20-7-5-12(16)17)8-11(10)22-15(14)19/h2-4,6,8,18H,5,7H2,1H3,(H,16,17). The van der Waals surface area contributed by atoms with Gasteiger partial charge < -0.3 is 24.1 Å². The van der Waals surface area contributed by atoms with Crippen molar-refractivity contribution >= 4 is 16.9 Å². The topological polar surface area (TPSA) is 106 Å². The van der Waals surface area contributed by atoms with Crippen LogP contribution in [-0.4, -0.2) is 22.8 Å². The number of carboxylic acid groups (broad SMARTS) is 1. The fourth-order valence-electron chi connectivity index (χ4n) is 1.73. The van der Waals surface area contributed by atoms with Gasteiger partial charge in [0.15, 0.2) is 5.75 Å². The van der Waals surface area contributed by atoms with Crippen molar-refractivity contribution in [3.63, 3.8) is 0 Å². The Morgan fingerprint density at radius 3 is 2.86 bits per heavy atom. The second kappa shape index (κ2) is 6.66. The Morgan fingerprint density at radius 1 is 1.41 bits per heavy atom. The summed E-state index contributed by atoms with van der Waals surface area (Å²) in [6.45, 7) is 1.68. The summed E-state index contributed by atoms with van der Waals surface area (Å²) in [6, 6.07) is 4.42. The molecule has 0 radical (unpaired) electrons. The Bertz CT molecular complexity index is 773. The fourth-order valence-corrected chi connectivity index (χ4v) is 1.73. The van der Waals surface area contributed by atoms with E-state index in [1.165, 1.54) is 24.5 Å². The van der Waals surface area contributed by atoms with Crippen LogP contribution in [0.4, 0.5) is 0 Å². The van der Waals surface area contributed by atoms with E-state index in [1.54, 1.807) is 13.0 Å². The Hall–Kier alpha value is -2.96. The van der Waals surface area contributed by atoms with E-state index in [0.717, 1.165) is 0 Å². The summed E-state index contributed by atoms with van der Waals surface area (Å²) < 4.78 is 15.3. The van der Waals surface area contributed by atoms with E-state index in [0.29, 0.717) is 5.75 Å². The van der Waals surface area contributed by atoms with Crippen molar-refractivity contribution < 1.29 is 28.9 Å². The number of hydrogen-bond acceptors (Lipinski definition) is 6. The first kappa shape index (κ1) is 15.4. The first-order valence-corrected chi connectivity index (χ1v) is 6.45. The van der Waals surface area contributed by atoms with Gasteiger partial charge in [-0.2, -0.15) is 0 Å². The van der Waals surface area contributed by atoms with E-state index in [2.05, 4.69) is 0 Å². The van der Waals surface area contributed by atoms with Crippen LogP contribution in [0.15, 0.2) is 39.7 Å². The number of aliphatic carboxylic acids is 1. The molecule has 1 aromatic heterocycles. The van der Waals surface area contributed by atoms with Crippen LogP contribution >= 0.6 is 0 Å². The molecule has 0 saturated carbocycles. The molecule has 22 heavy (non-hydrogen) atoms. The highest BCUT2D eigenvalue weighted by molar-refractivity contribution is 5.86. The SMILES string of the molecule is CC=COc1c(O)c2ccc(OCCC(=O)O)cc2oc1=O. The van der Waals surface area contributed by atoms with Crippen LogP contribution in [0.5, 0.6) is 17.2 Å². The van der Waals surface area contributed by atoms with Gasteiger partial charge in [0.05, 0.1) is 24.7 Å². The average molecular weight is 306 g/mol. The van der Waals surface area contributed by atoms with Gasteiger partial charge in [-0.1, -0.05) is 6.08 Å². The molecule has 7 heteroatoms. The third-order valence-electron chi connectivity index (χ3n) is 2.72. The molecule has 1 heterocycles. The summed E-state index contributed by atoms with van der Waals surface area (Å²) in [5, 5.41) is 18.9. The molecule has 0 aliphatic rings. The number of carboxylic acids is 1. The maximum absolute atomic E-state index is 11.8. The van der Waals surface area contributed by atoms with Gasteiger partial charge in [-0.15, -0.1) is 0 Å². The van der Waals surface area contributed by atoms with Crippen molar-refractivity contribution in [2.24, 2.45) is 0 Å². The summed E-state index contributed by atoms with van der Waals surface area (Å²) in [5.41, 5.74) is -0.714. The Balaban J connectivity index is 2.34. The highest BCUT2D eigenvalue weighted by atomic mass is 16.5. The van der Waals surface area contributed by atoms with Gasteiger partial charge in [0, 0.05) is 6.07 Å². The molecule has 2 N–H and O–H groups in total.